The number of halogens is 2. The molecule has 1 heterocycles. The van der Waals surface area contributed by atoms with Crippen molar-refractivity contribution in [2.24, 2.45) is 0 Å². The molecule has 2 aromatic rings. The maximum absolute atomic E-state index is 13.3. The van der Waals surface area contributed by atoms with E-state index in [1.54, 1.807) is 12.1 Å². The number of nitrogens with one attached hydrogen (secondary N) is 1. The Morgan fingerprint density at radius 2 is 2.26 bits per heavy atom. The molecule has 102 valence electrons. The molecule has 2 rings (SSSR count). The van der Waals surface area contributed by atoms with Crippen LogP contribution in [0.2, 0.25) is 0 Å². The molecule has 0 saturated heterocycles. The van der Waals surface area contributed by atoms with Crippen LogP contribution in [-0.2, 0) is 13.2 Å². The molecule has 0 spiro atoms. The van der Waals surface area contributed by atoms with Crippen molar-refractivity contribution in [1.82, 2.24) is 10.5 Å². The predicted molar refractivity (Wildman–Crippen MR) is 72.3 cm³/mol. The van der Waals surface area contributed by atoms with Crippen LogP contribution in [0.25, 0.3) is 0 Å². The highest BCUT2D eigenvalue weighted by atomic mass is 79.9. The first kappa shape index (κ1) is 14.0. The molecule has 1 N–H and O–H groups in total. The number of aromatic nitrogens is 1. The summed E-state index contributed by atoms with van der Waals surface area (Å²) in [4.78, 5) is 0. The summed E-state index contributed by atoms with van der Waals surface area (Å²) in [6, 6.07) is 6.42. The van der Waals surface area contributed by atoms with Crippen molar-refractivity contribution in [2.75, 3.05) is 6.54 Å². The quantitative estimate of drug-likeness (QED) is 0.884. The standard InChI is InChI=1S/C13H14BrFN2O2/c1-2-16-7-9-5-11(19-17-9)8-18-10-3-4-12(14)13(15)6-10/h3-6,16H,2,7-8H2,1H3. The van der Waals surface area contributed by atoms with Gasteiger partial charge in [-0.2, -0.15) is 0 Å². The highest BCUT2D eigenvalue weighted by Crippen LogP contribution is 2.21. The average molecular weight is 329 g/mol. The lowest BCUT2D eigenvalue weighted by molar-refractivity contribution is 0.247. The van der Waals surface area contributed by atoms with Gasteiger partial charge in [-0.3, -0.25) is 0 Å². The van der Waals surface area contributed by atoms with Crippen LogP contribution < -0.4 is 10.1 Å². The molecule has 6 heteroatoms. The smallest absolute Gasteiger partial charge is 0.174 e. The Bertz CT molecular complexity index is 545. The fourth-order valence-corrected chi connectivity index (χ4v) is 1.73. The predicted octanol–water partition coefficient (Wildman–Crippen LogP) is 3.26. The van der Waals surface area contributed by atoms with Crippen LogP contribution in [0.4, 0.5) is 4.39 Å². The van der Waals surface area contributed by atoms with Gasteiger partial charge in [0.05, 0.1) is 10.2 Å². The van der Waals surface area contributed by atoms with Gasteiger partial charge in [-0.25, -0.2) is 4.39 Å². The van der Waals surface area contributed by atoms with Crippen LogP contribution in [-0.4, -0.2) is 11.7 Å². The first-order valence-corrected chi connectivity index (χ1v) is 6.71. The minimum absolute atomic E-state index is 0.222. The van der Waals surface area contributed by atoms with E-state index in [2.05, 4.69) is 26.4 Å². The summed E-state index contributed by atoms with van der Waals surface area (Å²) in [5.74, 6) is 0.699. The van der Waals surface area contributed by atoms with Gasteiger partial charge in [-0.05, 0) is 34.6 Å². The lowest BCUT2D eigenvalue weighted by Crippen LogP contribution is -2.11. The first-order valence-electron chi connectivity index (χ1n) is 5.92. The summed E-state index contributed by atoms with van der Waals surface area (Å²) in [5, 5.41) is 7.05. The second-order valence-electron chi connectivity index (χ2n) is 3.93. The lowest BCUT2D eigenvalue weighted by atomic mass is 10.3. The maximum atomic E-state index is 13.3. The van der Waals surface area contributed by atoms with Crippen LogP contribution in [0.5, 0.6) is 5.75 Å². The van der Waals surface area contributed by atoms with Gasteiger partial charge in [0.2, 0.25) is 0 Å². The van der Waals surface area contributed by atoms with Gasteiger partial charge in [-0.15, -0.1) is 0 Å². The Morgan fingerprint density at radius 1 is 1.42 bits per heavy atom. The molecule has 0 aliphatic carbocycles. The zero-order valence-electron chi connectivity index (χ0n) is 10.5. The third-order valence-corrected chi connectivity index (χ3v) is 3.08. The highest BCUT2D eigenvalue weighted by Gasteiger charge is 2.06. The van der Waals surface area contributed by atoms with Gasteiger partial charge in [0.25, 0.3) is 0 Å². The summed E-state index contributed by atoms with van der Waals surface area (Å²) in [7, 11) is 0. The van der Waals surface area contributed by atoms with Gasteiger partial charge < -0.3 is 14.6 Å². The summed E-state index contributed by atoms with van der Waals surface area (Å²) in [5.41, 5.74) is 0.822. The van der Waals surface area contributed by atoms with E-state index in [9.17, 15) is 4.39 Å². The Labute approximate surface area is 119 Å². The van der Waals surface area contributed by atoms with E-state index >= 15 is 0 Å². The molecule has 0 fully saturated rings. The average Bonchev–Trinajstić information content (AvgIpc) is 2.86. The molecule has 0 unspecified atom stereocenters. The highest BCUT2D eigenvalue weighted by molar-refractivity contribution is 9.10. The minimum Gasteiger partial charge on any atom is -0.485 e. The topological polar surface area (TPSA) is 47.3 Å². The van der Waals surface area contributed by atoms with E-state index in [0.717, 1.165) is 12.2 Å². The summed E-state index contributed by atoms with van der Waals surface area (Å²) < 4.78 is 24.2. The Hall–Kier alpha value is -1.40. The van der Waals surface area contributed by atoms with Crippen molar-refractivity contribution in [3.8, 4) is 5.75 Å². The van der Waals surface area contributed by atoms with Gasteiger partial charge in [0, 0.05) is 18.7 Å². The third kappa shape index (κ3) is 4.04. The fraction of sp³-hybridized carbons (Fsp3) is 0.308. The molecule has 0 radical (unpaired) electrons. The molecule has 1 aromatic heterocycles. The molecular formula is C13H14BrFN2O2. The van der Waals surface area contributed by atoms with Gasteiger partial charge in [0.15, 0.2) is 5.76 Å². The van der Waals surface area contributed by atoms with Crippen LogP contribution in [0.1, 0.15) is 18.4 Å². The van der Waals surface area contributed by atoms with Gasteiger partial charge in [-0.1, -0.05) is 12.1 Å². The Morgan fingerprint density at radius 3 is 3.00 bits per heavy atom. The van der Waals surface area contributed by atoms with Crippen molar-refractivity contribution >= 4 is 15.9 Å². The third-order valence-electron chi connectivity index (χ3n) is 2.44. The Kier molecular flexibility index (Phi) is 4.93. The SMILES string of the molecule is CCNCc1cc(COc2ccc(Br)c(F)c2)on1. The largest absolute Gasteiger partial charge is 0.485 e. The van der Waals surface area contributed by atoms with E-state index in [1.807, 2.05) is 13.0 Å². The maximum Gasteiger partial charge on any atom is 0.174 e. The molecule has 19 heavy (non-hydrogen) atoms. The molecule has 0 aliphatic rings. The molecular weight excluding hydrogens is 315 g/mol. The number of rotatable bonds is 6. The molecule has 4 nitrogen and oxygen atoms in total. The van der Waals surface area contributed by atoms with Crippen LogP contribution in [0.15, 0.2) is 33.3 Å². The normalized spacial score (nSPS) is 10.7. The zero-order valence-corrected chi connectivity index (χ0v) is 12.0. The lowest BCUT2D eigenvalue weighted by Gasteiger charge is -2.04. The van der Waals surface area contributed by atoms with Crippen molar-refractivity contribution < 1.29 is 13.7 Å². The summed E-state index contributed by atoms with van der Waals surface area (Å²) in [6.45, 7) is 3.77. The Balaban J connectivity index is 1.91. The molecule has 0 amide bonds. The number of benzene rings is 1. The van der Waals surface area contributed by atoms with E-state index in [-0.39, 0.29) is 12.4 Å². The monoisotopic (exact) mass is 328 g/mol. The molecule has 1 aromatic carbocycles. The van der Waals surface area contributed by atoms with E-state index < -0.39 is 0 Å². The number of hydrogen-bond donors (Lipinski definition) is 1. The van der Waals surface area contributed by atoms with Crippen molar-refractivity contribution in [3.05, 3.63) is 46.0 Å². The van der Waals surface area contributed by atoms with Crippen molar-refractivity contribution in [3.63, 3.8) is 0 Å². The summed E-state index contributed by atoms with van der Waals surface area (Å²) in [6.07, 6.45) is 0. The van der Waals surface area contributed by atoms with Crippen molar-refractivity contribution in [2.45, 2.75) is 20.1 Å². The fourth-order valence-electron chi connectivity index (χ4n) is 1.48. The molecule has 0 saturated carbocycles. The van der Waals surface area contributed by atoms with E-state index in [4.69, 9.17) is 9.26 Å². The molecule has 0 aliphatic heterocycles. The van der Waals surface area contributed by atoms with Crippen molar-refractivity contribution in [1.29, 1.82) is 0 Å². The van der Waals surface area contributed by atoms with E-state index in [1.165, 1.54) is 6.07 Å². The van der Waals surface area contributed by atoms with Crippen LogP contribution in [0.3, 0.4) is 0 Å². The van der Waals surface area contributed by atoms with Gasteiger partial charge in [0.1, 0.15) is 18.2 Å². The number of ether oxygens (including phenoxy) is 1. The second kappa shape index (κ2) is 6.68. The van der Waals surface area contributed by atoms with Crippen LogP contribution >= 0.6 is 15.9 Å². The minimum atomic E-state index is -0.358. The molecule has 0 bridgehead atoms. The molecule has 0 atom stereocenters. The van der Waals surface area contributed by atoms with Crippen LogP contribution in [0, 0.1) is 5.82 Å². The van der Waals surface area contributed by atoms with Gasteiger partial charge >= 0.3 is 0 Å². The second-order valence-corrected chi connectivity index (χ2v) is 4.78. The number of nitrogens with zero attached hydrogens (tertiary/aromatic N) is 1. The number of hydrogen-bond acceptors (Lipinski definition) is 4. The summed E-state index contributed by atoms with van der Waals surface area (Å²) >= 11 is 3.09. The zero-order chi connectivity index (χ0) is 13.7. The first-order chi connectivity index (χ1) is 9.19. The van der Waals surface area contributed by atoms with E-state index in [0.29, 0.717) is 22.5 Å².